The van der Waals surface area contributed by atoms with Gasteiger partial charge < -0.3 is 10.2 Å². The van der Waals surface area contributed by atoms with E-state index in [1.807, 2.05) is 13.2 Å². The molecular formula is C14H25N3. The van der Waals surface area contributed by atoms with E-state index in [4.69, 9.17) is 0 Å². The first-order chi connectivity index (χ1) is 8.19. The summed E-state index contributed by atoms with van der Waals surface area (Å²) in [4.78, 5) is 6.74. The quantitative estimate of drug-likeness (QED) is 0.736. The second-order valence-corrected chi connectivity index (χ2v) is 4.59. The zero-order valence-electron chi connectivity index (χ0n) is 11.5. The smallest absolute Gasteiger partial charge is 0.128 e. The van der Waals surface area contributed by atoms with Crippen LogP contribution in [0.3, 0.4) is 0 Å². The number of nitrogens with one attached hydrogen (secondary N) is 1. The van der Waals surface area contributed by atoms with Crippen LogP contribution < -0.4 is 10.2 Å². The van der Waals surface area contributed by atoms with Crippen molar-refractivity contribution in [3.63, 3.8) is 0 Å². The lowest BCUT2D eigenvalue weighted by Gasteiger charge is -2.19. The second-order valence-electron chi connectivity index (χ2n) is 4.59. The van der Waals surface area contributed by atoms with Gasteiger partial charge in [-0.1, -0.05) is 25.8 Å². The van der Waals surface area contributed by atoms with Gasteiger partial charge in [-0.3, -0.25) is 0 Å². The van der Waals surface area contributed by atoms with Crippen LogP contribution in [0.4, 0.5) is 5.82 Å². The second kappa shape index (κ2) is 7.28. The van der Waals surface area contributed by atoms with Gasteiger partial charge in [0.1, 0.15) is 5.82 Å². The molecule has 0 fully saturated rings. The van der Waals surface area contributed by atoms with E-state index < -0.39 is 0 Å². The molecule has 3 nitrogen and oxygen atoms in total. The molecule has 1 aromatic heterocycles. The summed E-state index contributed by atoms with van der Waals surface area (Å²) in [6.45, 7) is 5.45. The first kappa shape index (κ1) is 14.0. The molecule has 0 amide bonds. The number of nitrogens with zero attached hydrogens (tertiary/aromatic N) is 2. The Hall–Kier alpha value is -1.09. The Morgan fingerprint density at radius 1 is 1.35 bits per heavy atom. The Morgan fingerprint density at radius 3 is 2.65 bits per heavy atom. The molecule has 0 aliphatic rings. The number of rotatable bonds is 7. The third kappa shape index (κ3) is 4.35. The molecule has 1 atom stereocenters. The first-order valence-electron chi connectivity index (χ1n) is 6.53. The molecule has 96 valence electrons. The average Bonchev–Trinajstić information content (AvgIpc) is 2.38. The molecule has 0 aromatic carbocycles. The molecule has 0 saturated carbocycles. The highest BCUT2D eigenvalue weighted by Crippen LogP contribution is 2.15. The van der Waals surface area contributed by atoms with Crippen LogP contribution in [0.25, 0.3) is 0 Å². The van der Waals surface area contributed by atoms with Crippen molar-refractivity contribution in [1.29, 1.82) is 0 Å². The monoisotopic (exact) mass is 235 g/mol. The van der Waals surface area contributed by atoms with Crippen molar-refractivity contribution in [2.75, 3.05) is 25.5 Å². The molecule has 1 unspecified atom stereocenters. The normalized spacial score (nSPS) is 12.5. The van der Waals surface area contributed by atoms with Gasteiger partial charge in [-0.05, 0) is 32.0 Å². The van der Waals surface area contributed by atoms with Gasteiger partial charge in [0, 0.05) is 25.8 Å². The van der Waals surface area contributed by atoms with Crippen molar-refractivity contribution in [3.8, 4) is 0 Å². The summed E-state index contributed by atoms with van der Waals surface area (Å²) < 4.78 is 0. The number of anilines is 1. The lowest BCUT2D eigenvalue weighted by Crippen LogP contribution is -2.20. The molecule has 0 spiro atoms. The highest BCUT2D eigenvalue weighted by atomic mass is 15.2. The van der Waals surface area contributed by atoms with E-state index in [1.165, 1.54) is 24.8 Å². The van der Waals surface area contributed by atoms with E-state index in [0.717, 1.165) is 12.4 Å². The summed E-state index contributed by atoms with van der Waals surface area (Å²) >= 11 is 0. The SMILES string of the molecule is CCCCCN(C)c1ccc(C(C)NC)cn1. The van der Waals surface area contributed by atoms with Gasteiger partial charge in [0.2, 0.25) is 0 Å². The first-order valence-corrected chi connectivity index (χ1v) is 6.53. The number of pyridine rings is 1. The summed E-state index contributed by atoms with van der Waals surface area (Å²) in [6, 6.07) is 4.62. The predicted octanol–water partition coefficient (Wildman–Crippen LogP) is 2.99. The number of hydrogen-bond donors (Lipinski definition) is 1. The van der Waals surface area contributed by atoms with Gasteiger partial charge in [0.25, 0.3) is 0 Å². The molecule has 1 rings (SSSR count). The van der Waals surface area contributed by atoms with Crippen LogP contribution in [0.2, 0.25) is 0 Å². The minimum atomic E-state index is 0.363. The number of hydrogen-bond acceptors (Lipinski definition) is 3. The van der Waals surface area contributed by atoms with E-state index >= 15 is 0 Å². The minimum absolute atomic E-state index is 0.363. The van der Waals surface area contributed by atoms with Crippen LogP contribution in [0, 0.1) is 0 Å². The third-order valence-corrected chi connectivity index (χ3v) is 3.19. The van der Waals surface area contributed by atoms with Gasteiger partial charge in [0.05, 0.1) is 0 Å². The topological polar surface area (TPSA) is 28.2 Å². The van der Waals surface area contributed by atoms with Crippen LogP contribution in [0.15, 0.2) is 18.3 Å². The van der Waals surface area contributed by atoms with E-state index in [-0.39, 0.29) is 0 Å². The fourth-order valence-electron chi connectivity index (χ4n) is 1.76. The van der Waals surface area contributed by atoms with Crippen LogP contribution >= 0.6 is 0 Å². The van der Waals surface area contributed by atoms with Crippen LogP contribution in [0.5, 0.6) is 0 Å². The maximum absolute atomic E-state index is 4.51. The predicted molar refractivity (Wildman–Crippen MR) is 74.5 cm³/mol. The Balaban J connectivity index is 2.54. The molecule has 0 aliphatic heterocycles. The van der Waals surface area contributed by atoms with Crippen molar-refractivity contribution in [2.45, 2.75) is 39.2 Å². The molecule has 1 N–H and O–H groups in total. The number of aromatic nitrogens is 1. The molecule has 0 saturated heterocycles. The lowest BCUT2D eigenvalue weighted by atomic mass is 10.1. The lowest BCUT2D eigenvalue weighted by molar-refractivity contribution is 0.648. The molecule has 1 heterocycles. The van der Waals surface area contributed by atoms with Gasteiger partial charge in [0.15, 0.2) is 0 Å². The summed E-state index contributed by atoms with van der Waals surface area (Å²) in [5.74, 6) is 1.06. The van der Waals surface area contributed by atoms with E-state index in [9.17, 15) is 0 Å². The summed E-state index contributed by atoms with van der Waals surface area (Å²) in [6.07, 6.45) is 5.76. The van der Waals surface area contributed by atoms with E-state index in [0.29, 0.717) is 6.04 Å². The zero-order chi connectivity index (χ0) is 12.7. The van der Waals surface area contributed by atoms with Gasteiger partial charge in [-0.25, -0.2) is 4.98 Å². The van der Waals surface area contributed by atoms with E-state index in [2.05, 4.69) is 48.2 Å². The summed E-state index contributed by atoms with van der Waals surface area (Å²) in [7, 11) is 4.08. The van der Waals surface area contributed by atoms with Crippen molar-refractivity contribution < 1.29 is 0 Å². The van der Waals surface area contributed by atoms with Crippen molar-refractivity contribution in [2.24, 2.45) is 0 Å². The summed E-state index contributed by atoms with van der Waals surface area (Å²) in [5, 5.41) is 3.22. The Morgan fingerprint density at radius 2 is 2.12 bits per heavy atom. The Labute approximate surface area is 105 Å². The highest BCUT2D eigenvalue weighted by molar-refractivity contribution is 5.38. The molecular weight excluding hydrogens is 210 g/mol. The molecule has 0 radical (unpaired) electrons. The van der Waals surface area contributed by atoms with Gasteiger partial charge >= 0.3 is 0 Å². The zero-order valence-corrected chi connectivity index (χ0v) is 11.5. The van der Waals surface area contributed by atoms with Crippen LogP contribution in [-0.2, 0) is 0 Å². The minimum Gasteiger partial charge on any atom is -0.360 e. The van der Waals surface area contributed by atoms with E-state index in [1.54, 1.807) is 0 Å². The largest absolute Gasteiger partial charge is 0.360 e. The highest BCUT2D eigenvalue weighted by Gasteiger charge is 2.05. The Bertz CT molecular complexity index is 308. The maximum atomic E-state index is 4.51. The standard InChI is InChI=1S/C14H25N3/c1-5-6-7-10-17(4)14-9-8-13(11-16-14)12(2)15-3/h8-9,11-12,15H,5-7,10H2,1-4H3. The van der Waals surface area contributed by atoms with Crippen molar-refractivity contribution in [1.82, 2.24) is 10.3 Å². The number of unbranched alkanes of at least 4 members (excludes halogenated alkanes) is 2. The third-order valence-electron chi connectivity index (χ3n) is 3.19. The summed E-state index contributed by atoms with van der Waals surface area (Å²) in [5.41, 5.74) is 1.23. The molecule has 0 bridgehead atoms. The fraction of sp³-hybridized carbons (Fsp3) is 0.643. The molecule has 17 heavy (non-hydrogen) atoms. The molecule has 1 aromatic rings. The van der Waals surface area contributed by atoms with Crippen molar-refractivity contribution in [3.05, 3.63) is 23.9 Å². The van der Waals surface area contributed by atoms with Crippen LogP contribution in [0.1, 0.15) is 44.7 Å². The maximum Gasteiger partial charge on any atom is 0.128 e. The fourth-order valence-corrected chi connectivity index (χ4v) is 1.76. The van der Waals surface area contributed by atoms with Crippen molar-refractivity contribution >= 4 is 5.82 Å². The van der Waals surface area contributed by atoms with Gasteiger partial charge in [-0.2, -0.15) is 0 Å². The molecule has 0 aliphatic carbocycles. The van der Waals surface area contributed by atoms with Gasteiger partial charge in [-0.15, -0.1) is 0 Å². The Kier molecular flexibility index (Phi) is 5.98. The van der Waals surface area contributed by atoms with Crippen LogP contribution in [-0.4, -0.2) is 25.6 Å². The average molecular weight is 235 g/mol. The molecule has 3 heteroatoms.